The van der Waals surface area contributed by atoms with E-state index in [0.717, 1.165) is 6.42 Å². The molecule has 3 heteroatoms. The van der Waals surface area contributed by atoms with E-state index in [0.29, 0.717) is 6.54 Å². The molecule has 0 saturated carbocycles. The van der Waals surface area contributed by atoms with Crippen molar-refractivity contribution in [3.05, 3.63) is 35.4 Å². The number of benzene rings is 1. The van der Waals surface area contributed by atoms with Crippen LogP contribution in [0.5, 0.6) is 0 Å². The summed E-state index contributed by atoms with van der Waals surface area (Å²) in [7, 11) is 1.99. The van der Waals surface area contributed by atoms with E-state index in [1.807, 2.05) is 7.05 Å². The summed E-state index contributed by atoms with van der Waals surface area (Å²) < 4.78 is 0. The van der Waals surface area contributed by atoms with Crippen LogP contribution in [-0.4, -0.2) is 29.6 Å². The number of aryl methyl sites for hydroxylation is 1. The van der Waals surface area contributed by atoms with Gasteiger partial charge >= 0.3 is 5.97 Å². The zero-order chi connectivity index (χ0) is 11.7. The van der Waals surface area contributed by atoms with Crippen molar-refractivity contribution in [1.82, 2.24) is 4.90 Å². The molecule has 0 radical (unpaired) electrons. The molecule has 0 amide bonds. The van der Waals surface area contributed by atoms with Crippen LogP contribution < -0.4 is 0 Å². The number of carbonyl (C=O) groups is 1. The molecular formula is C13H17NO2. The maximum absolute atomic E-state index is 11.0. The summed E-state index contributed by atoms with van der Waals surface area (Å²) >= 11 is 0. The Hall–Kier alpha value is -1.35. The molecule has 1 aliphatic rings. The average Bonchev–Trinajstić information content (AvgIpc) is 2.62. The van der Waals surface area contributed by atoms with E-state index in [1.54, 1.807) is 0 Å². The molecule has 1 aromatic carbocycles. The third-order valence-electron chi connectivity index (χ3n) is 3.36. The summed E-state index contributed by atoms with van der Waals surface area (Å²) in [6.07, 6.45) is 0.717. The molecule has 1 N–H and O–H groups in total. The summed E-state index contributed by atoms with van der Waals surface area (Å²) in [5.74, 6) is -0.905. The van der Waals surface area contributed by atoms with Crippen molar-refractivity contribution in [1.29, 1.82) is 0 Å². The van der Waals surface area contributed by atoms with Crippen LogP contribution in [0.1, 0.15) is 23.6 Å². The zero-order valence-corrected chi connectivity index (χ0v) is 9.68. The molecule has 1 aromatic rings. The van der Waals surface area contributed by atoms with E-state index in [4.69, 9.17) is 5.11 Å². The van der Waals surface area contributed by atoms with E-state index >= 15 is 0 Å². The molecule has 1 aliphatic heterocycles. The average molecular weight is 219 g/mol. The van der Waals surface area contributed by atoms with Crippen molar-refractivity contribution >= 4 is 5.97 Å². The molecule has 1 heterocycles. The van der Waals surface area contributed by atoms with Gasteiger partial charge in [-0.3, -0.25) is 9.69 Å². The largest absolute Gasteiger partial charge is 0.481 e. The number of aliphatic carboxylic acids is 1. The van der Waals surface area contributed by atoms with Gasteiger partial charge in [-0.1, -0.05) is 29.8 Å². The van der Waals surface area contributed by atoms with Crippen LogP contribution in [0.2, 0.25) is 0 Å². The Morgan fingerprint density at radius 1 is 1.38 bits per heavy atom. The highest BCUT2D eigenvalue weighted by Crippen LogP contribution is 2.34. The van der Waals surface area contributed by atoms with E-state index in [9.17, 15) is 4.79 Å². The molecule has 0 aliphatic carbocycles. The Bertz CT molecular complexity index is 385. The number of hydrogen-bond acceptors (Lipinski definition) is 2. The first-order chi connectivity index (χ1) is 7.58. The zero-order valence-electron chi connectivity index (χ0n) is 9.68. The molecule has 86 valence electrons. The lowest BCUT2D eigenvalue weighted by Crippen LogP contribution is -2.20. The van der Waals surface area contributed by atoms with Crippen molar-refractivity contribution in [2.75, 3.05) is 13.6 Å². The molecule has 1 fully saturated rings. The van der Waals surface area contributed by atoms with Crippen LogP contribution in [-0.2, 0) is 4.79 Å². The van der Waals surface area contributed by atoms with Crippen molar-refractivity contribution < 1.29 is 9.90 Å². The van der Waals surface area contributed by atoms with Gasteiger partial charge in [-0.05, 0) is 26.0 Å². The van der Waals surface area contributed by atoms with Crippen LogP contribution in [0, 0.1) is 12.8 Å². The first kappa shape index (κ1) is 11.1. The minimum Gasteiger partial charge on any atom is -0.481 e. The van der Waals surface area contributed by atoms with E-state index < -0.39 is 5.97 Å². The van der Waals surface area contributed by atoms with Crippen molar-refractivity contribution in [2.45, 2.75) is 19.4 Å². The molecule has 1 saturated heterocycles. The predicted molar refractivity (Wildman–Crippen MR) is 62.3 cm³/mol. The summed E-state index contributed by atoms with van der Waals surface area (Å²) in [5.41, 5.74) is 2.45. The Morgan fingerprint density at radius 3 is 2.50 bits per heavy atom. The minimum atomic E-state index is -0.679. The maximum atomic E-state index is 11.0. The third-order valence-corrected chi connectivity index (χ3v) is 3.36. The first-order valence-electron chi connectivity index (χ1n) is 5.57. The van der Waals surface area contributed by atoms with Crippen LogP contribution in [0.25, 0.3) is 0 Å². The van der Waals surface area contributed by atoms with E-state index in [-0.39, 0.29) is 12.0 Å². The summed E-state index contributed by atoms with van der Waals surface area (Å²) in [6, 6.07) is 8.61. The topological polar surface area (TPSA) is 40.5 Å². The number of carboxylic acids is 1. The lowest BCUT2D eigenvalue weighted by molar-refractivity contribution is -0.141. The van der Waals surface area contributed by atoms with Crippen LogP contribution in [0.4, 0.5) is 0 Å². The lowest BCUT2D eigenvalue weighted by atomic mass is 9.99. The number of nitrogens with zero attached hydrogens (tertiary/aromatic N) is 1. The fourth-order valence-corrected chi connectivity index (χ4v) is 2.36. The van der Waals surface area contributed by atoms with Crippen molar-refractivity contribution in [3.63, 3.8) is 0 Å². The molecule has 2 rings (SSSR count). The molecule has 16 heavy (non-hydrogen) atoms. The smallest absolute Gasteiger partial charge is 0.307 e. The number of carboxylic acid groups (broad SMARTS) is 1. The summed E-state index contributed by atoms with van der Waals surface area (Å²) in [5, 5.41) is 9.01. The third kappa shape index (κ3) is 2.09. The van der Waals surface area contributed by atoms with E-state index in [2.05, 4.69) is 36.1 Å². The number of hydrogen-bond donors (Lipinski definition) is 1. The van der Waals surface area contributed by atoms with Crippen LogP contribution >= 0.6 is 0 Å². The molecule has 3 nitrogen and oxygen atoms in total. The quantitative estimate of drug-likeness (QED) is 0.827. The summed E-state index contributed by atoms with van der Waals surface area (Å²) in [6.45, 7) is 2.70. The number of rotatable bonds is 2. The van der Waals surface area contributed by atoms with Gasteiger partial charge in [-0.15, -0.1) is 0 Å². The van der Waals surface area contributed by atoms with Gasteiger partial charge in [0.15, 0.2) is 0 Å². The van der Waals surface area contributed by atoms with Gasteiger partial charge in [0.1, 0.15) is 0 Å². The molecule has 0 bridgehead atoms. The minimum absolute atomic E-state index is 0.226. The van der Waals surface area contributed by atoms with Gasteiger partial charge in [0.05, 0.1) is 5.92 Å². The van der Waals surface area contributed by atoms with Gasteiger partial charge in [-0.2, -0.15) is 0 Å². The van der Waals surface area contributed by atoms with Crippen molar-refractivity contribution in [3.8, 4) is 0 Å². The van der Waals surface area contributed by atoms with Gasteiger partial charge in [0.25, 0.3) is 0 Å². The summed E-state index contributed by atoms with van der Waals surface area (Å²) in [4.78, 5) is 13.1. The fourth-order valence-electron chi connectivity index (χ4n) is 2.36. The second-order valence-electron chi connectivity index (χ2n) is 4.64. The lowest BCUT2D eigenvalue weighted by Gasteiger charge is -2.19. The molecule has 0 spiro atoms. The molecule has 2 atom stereocenters. The van der Waals surface area contributed by atoms with Crippen LogP contribution in [0.15, 0.2) is 24.3 Å². The van der Waals surface area contributed by atoms with Gasteiger partial charge < -0.3 is 5.11 Å². The Morgan fingerprint density at radius 2 is 2.00 bits per heavy atom. The van der Waals surface area contributed by atoms with Crippen LogP contribution in [0.3, 0.4) is 0 Å². The second-order valence-corrected chi connectivity index (χ2v) is 4.64. The van der Waals surface area contributed by atoms with Gasteiger partial charge in [0.2, 0.25) is 0 Å². The highest BCUT2D eigenvalue weighted by molar-refractivity contribution is 5.70. The SMILES string of the molecule is Cc1ccc([C@@H]2C[C@@H](C(=O)O)CN2C)cc1. The molecule has 0 aromatic heterocycles. The standard InChI is InChI=1S/C13H17NO2/c1-9-3-5-10(6-4-9)12-7-11(13(15)16)8-14(12)2/h3-6,11-12H,7-8H2,1-2H3,(H,15,16)/t11-,12+/m1/s1. The Kier molecular flexibility index (Phi) is 2.97. The van der Waals surface area contributed by atoms with Gasteiger partial charge in [0, 0.05) is 12.6 Å². The van der Waals surface area contributed by atoms with Crippen molar-refractivity contribution in [2.24, 2.45) is 5.92 Å². The Labute approximate surface area is 95.7 Å². The normalized spacial score (nSPS) is 25.9. The first-order valence-corrected chi connectivity index (χ1v) is 5.57. The highest BCUT2D eigenvalue weighted by atomic mass is 16.4. The highest BCUT2D eigenvalue weighted by Gasteiger charge is 2.34. The Balaban J connectivity index is 2.16. The van der Waals surface area contributed by atoms with Gasteiger partial charge in [-0.25, -0.2) is 0 Å². The second kappa shape index (κ2) is 4.26. The fraction of sp³-hybridized carbons (Fsp3) is 0.462. The molecular weight excluding hydrogens is 202 g/mol. The number of likely N-dealkylation sites (tertiary alicyclic amines) is 1. The molecule has 0 unspecified atom stereocenters. The predicted octanol–water partition coefficient (Wildman–Crippen LogP) is 2.07. The monoisotopic (exact) mass is 219 g/mol. The maximum Gasteiger partial charge on any atom is 0.307 e. The van der Waals surface area contributed by atoms with E-state index in [1.165, 1.54) is 11.1 Å².